The number of alkyl carbamates (subject to hydrolysis) is 1. The minimum absolute atomic E-state index is 0.0943. The highest BCUT2D eigenvalue weighted by Crippen LogP contribution is 2.24. The summed E-state index contributed by atoms with van der Waals surface area (Å²) in [5.74, 6) is 0. The molecule has 0 fully saturated rings. The van der Waals surface area contributed by atoms with Crippen LogP contribution in [0.3, 0.4) is 0 Å². The van der Waals surface area contributed by atoms with Crippen molar-refractivity contribution >= 4 is 33.4 Å². The van der Waals surface area contributed by atoms with Crippen LogP contribution in [0.4, 0.5) is 10.5 Å². The average molecular weight is 335 g/mol. The SMILES string of the molecule is CCOC(=O)NCCN(c1ccc(C)c(Cl)c1)S(C)(=O)=O. The molecule has 1 aromatic rings. The van der Waals surface area contributed by atoms with Gasteiger partial charge in [0.1, 0.15) is 0 Å². The molecule has 0 saturated carbocycles. The molecule has 0 saturated heterocycles. The Kier molecular flexibility index (Phi) is 6.29. The number of ether oxygens (including phenoxy) is 1. The summed E-state index contributed by atoms with van der Waals surface area (Å²) in [5, 5.41) is 2.97. The van der Waals surface area contributed by atoms with E-state index in [9.17, 15) is 13.2 Å². The monoisotopic (exact) mass is 334 g/mol. The Morgan fingerprint density at radius 3 is 2.62 bits per heavy atom. The summed E-state index contributed by atoms with van der Waals surface area (Å²) in [6, 6.07) is 5.00. The first-order chi connectivity index (χ1) is 9.75. The maximum Gasteiger partial charge on any atom is 0.407 e. The Bertz CT molecular complexity index is 604. The van der Waals surface area contributed by atoms with Gasteiger partial charge >= 0.3 is 6.09 Å². The summed E-state index contributed by atoms with van der Waals surface area (Å²) in [5.41, 5.74) is 1.32. The highest BCUT2D eigenvalue weighted by Gasteiger charge is 2.18. The molecule has 1 aromatic carbocycles. The number of halogens is 1. The van der Waals surface area contributed by atoms with Crippen LogP contribution in [0.5, 0.6) is 0 Å². The van der Waals surface area contributed by atoms with Gasteiger partial charge in [-0.3, -0.25) is 4.31 Å². The summed E-state index contributed by atoms with van der Waals surface area (Å²) < 4.78 is 29.6. The molecule has 0 spiro atoms. The number of amides is 1. The van der Waals surface area contributed by atoms with Gasteiger partial charge in [-0.1, -0.05) is 17.7 Å². The van der Waals surface area contributed by atoms with Crippen LogP contribution >= 0.6 is 11.6 Å². The fourth-order valence-corrected chi connectivity index (χ4v) is 2.76. The van der Waals surface area contributed by atoms with Crippen molar-refractivity contribution in [2.24, 2.45) is 0 Å². The predicted octanol–water partition coefficient (Wildman–Crippen LogP) is 2.16. The summed E-state index contributed by atoms with van der Waals surface area (Å²) in [6.07, 6.45) is 0.526. The highest BCUT2D eigenvalue weighted by molar-refractivity contribution is 7.92. The van der Waals surface area contributed by atoms with Gasteiger partial charge in [-0.05, 0) is 31.5 Å². The molecule has 0 aliphatic rings. The summed E-state index contributed by atoms with van der Waals surface area (Å²) in [6.45, 7) is 4.01. The largest absolute Gasteiger partial charge is 0.450 e. The lowest BCUT2D eigenvalue weighted by molar-refractivity contribution is 0.152. The number of carbonyl (C=O) groups is 1. The van der Waals surface area contributed by atoms with Crippen molar-refractivity contribution in [3.63, 3.8) is 0 Å². The molecule has 21 heavy (non-hydrogen) atoms. The van der Waals surface area contributed by atoms with E-state index in [0.29, 0.717) is 10.7 Å². The standard InChI is InChI=1S/C13H19ClN2O4S/c1-4-20-13(17)15-7-8-16(21(3,18)19)11-6-5-10(2)12(14)9-11/h5-6,9H,4,7-8H2,1-3H3,(H,15,17). The van der Waals surface area contributed by atoms with Gasteiger partial charge in [0.2, 0.25) is 10.0 Å². The van der Waals surface area contributed by atoms with Gasteiger partial charge in [-0.15, -0.1) is 0 Å². The third-order valence-corrected chi connectivity index (χ3v) is 4.30. The van der Waals surface area contributed by atoms with Crippen molar-refractivity contribution in [2.45, 2.75) is 13.8 Å². The van der Waals surface area contributed by atoms with Crippen molar-refractivity contribution < 1.29 is 17.9 Å². The molecule has 0 atom stereocenters. The maximum absolute atomic E-state index is 11.9. The number of sulfonamides is 1. The van der Waals surface area contributed by atoms with E-state index < -0.39 is 16.1 Å². The van der Waals surface area contributed by atoms with Crippen LogP contribution in [0.15, 0.2) is 18.2 Å². The topological polar surface area (TPSA) is 75.7 Å². The number of nitrogens with zero attached hydrogens (tertiary/aromatic N) is 1. The van der Waals surface area contributed by atoms with Crippen molar-refractivity contribution in [1.82, 2.24) is 5.32 Å². The molecule has 1 rings (SSSR count). The molecule has 8 heteroatoms. The molecule has 0 aliphatic carbocycles. The van der Waals surface area contributed by atoms with E-state index in [0.717, 1.165) is 11.8 Å². The van der Waals surface area contributed by atoms with E-state index in [1.807, 2.05) is 6.92 Å². The maximum atomic E-state index is 11.9. The molecule has 0 bridgehead atoms. The molecule has 0 aliphatic heterocycles. The van der Waals surface area contributed by atoms with Crippen LogP contribution in [-0.4, -0.2) is 40.5 Å². The number of hydrogen-bond acceptors (Lipinski definition) is 4. The van der Waals surface area contributed by atoms with Gasteiger partial charge in [0.25, 0.3) is 0 Å². The van der Waals surface area contributed by atoms with Gasteiger partial charge in [-0.25, -0.2) is 13.2 Å². The van der Waals surface area contributed by atoms with Gasteiger partial charge in [0.15, 0.2) is 0 Å². The Balaban J connectivity index is 2.82. The third kappa shape index (κ3) is 5.43. The molecule has 1 amide bonds. The third-order valence-electron chi connectivity index (χ3n) is 2.70. The minimum atomic E-state index is -3.48. The smallest absolute Gasteiger partial charge is 0.407 e. The van der Waals surface area contributed by atoms with Crippen LogP contribution in [-0.2, 0) is 14.8 Å². The van der Waals surface area contributed by atoms with Gasteiger partial charge in [0, 0.05) is 11.6 Å². The molecule has 6 nitrogen and oxygen atoms in total. The number of aryl methyl sites for hydroxylation is 1. The summed E-state index contributed by atoms with van der Waals surface area (Å²) in [4.78, 5) is 11.2. The second kappa shape index (κ2) is 7.51. The first-order valence-corrected chi connectivity index (χ1v) is 8.62. The second-order valence-electron chi connectivity index (χ2n) is 4.42. The zero-order valence-corrected chi connectivity index (χ0v) is 13.8. The van der Waals surface area contributed by atoms with E-state index in [4.69, 9.17) is 16.3 Å². The first-order valence-electron chi connectivity index (χ1n) is 6.40. The molecule has 0 radical (unpaired) electrons. The molecule has 118 valence electrons. The van der Waals surface area contributed by atoms with Gasteiger partial charge in [0.05, 0.1) is 25.1 Å². The summed E-state index contributed by atoms with van der Waals surface area (Å²) in [7, 11) is -3.48. The van der Waals surface area contributed by atoms with Crippen molar-refractivity contribution in [2.75, 3.05) is 30.3 Å². The molecule has 1 N–H and O–H groups in total. The fourth-order valence-electron chi connectivity index (χ4n) is 1.66. The van der Waals surface area contributed by atoms with Crippen LogP contribution in [0.2, 0.25) is 5.02 Å². The second-order valence-corrected chi connectivity index (χ2v) is 6.73. The molecular formula is C13H19ClN2O4S. The van der Waals surface area contributed by atoms with Crippen LogP contribution < -0.4 is 9.62 Å². The molecule has 0 aromatic heterocycles. The van der Waals surface area contributed by atoms with E-state index in [2.05, 4.69) is 5.32 Å². The van der Waals surface area contributed by atoms with E-state index in [1.165, 1.54) is 4.31 Å². The normalized spacial score (nSPS) is 11.0. The quantitative estimate of drug-likeness (QED) is 0.865. The zero-order chi connectivity index (χ0) is 16.0. The zero-order valence-electron chi connectivity index (χ0n) is 12.2. The molecule has 0 heterocycles. The lowest BCUT2D eigenvalue weighted by atomic mass is 10.2. The lowest BCUT2D eigenvalue weighted by Crippen LogP contribution is -2.38. The Hall–Kier alpha value is -1.47. The predicted molar refractivity (Wildman–Crippen MR) is 83.4 cm³/mol. The fraction of sp³-hybridized carbons (Fsp3) is 0.462. The Morgan fingerprint density at radius 1 is 1.43 bits per heavy atom. The number of carbonyl (C=O) groups excluding carboxylic acids is 1. The number of anilines is 1. The van der Waals surface area contributed by atoms with Crippen LogP contribution in [0.1, 0.15) is 12.5 Å². The Labute approximate surface area is 130 Å². The number of nitrogens with one attached hydrogen (secondary N) is 1. The number of benzene rings is 1. The lowest BCUT2D eigenvalue weighted by Gasteiger charge is -2.23. The number of rotatable bonds is 6. The van der Waals surface area contributed by atoms with Crippen LogP contribution in [0.25, 0.3) is 0 Å². The molecule has 0 unspecified atom stereocenters. The van der Waals surface area contributed by atoms with E-state index in [1.54, 1.807) is 25.1 Å². The first kappa shape index (κ1) is 17.6. The van der Waals surface area contributed by atoms with E-state index >= 15 is 0 Å². The van der Waals surface area contributed by atoms with Crippen molar-refractivity contribution in [3.05, 3.63) is 28.8 Å². The highest BCUT2D eigenvalue weighted by atomic mass is 35.5. The van der Waals surface area contributed by atoms with Gasteiger partial charge in [-0.2, -0.15) is 0 Å². The Morgan fingerprint density at radius 2 is 2.10 bits per heavy atom. The summed E-state index contributed by atoms with van der Waals surface area (Å²) >= 11 is 6.02. The molecular weight excluding hydrogens is 316 g/mol. The van der Waals surface area contributed by atoms with Crippen LogP contribution in [0, 0.1) is 6.92 Å². The number of hydrogen-bond donors (Lipinski definition) is 1. The minimum Gasteiger partial charge on any atom is -0.450 e. The van der Waals surface area contributed by atoms with Gasteiger partial charge < -0.3 is 10.1 Å². The van der Waals surface area contributed by atoms with Crippen molar-refractivity contribution in [1.29, 1.82) is 0 Å². The average Bonchev–Trinajstić information content (AvgIpc) is 2.37. The van der Waals surface area contributed by atoms with E-state index in [-0.39, 0.29) is 19.7 Å². The van der Waals surface area contributed by atoms with Crippen molar-refractivity contribution in [3.8, 4) is 0 Å².